The SMILES string of the molecule is COc1cccc(Nc2ncc(C3CCN(CC(C)C)CC3)c(N[C@H]3CC[C@H](O)CC3)n2)c1. The highest BCUT2D eigenvalue weighted by Crippen LogP contribution is 2.34. The van der Waals surface area contributed by atoms with Crippen LogP contribution in [-0.2, 0) is 0 Å². The zero-order chi connectivity index (χ0) is 23.2. The fourth-order valence-electron chi connectivity index (χ4n) is 5.05. The van der Waals surface area contributed by atoms with Crippen molar-refractivity contribution in [1.29, 1.82) is 0 Å². The normalized spacial score (nSPS) is 22.3. The molecule has 1 aliphatic carbocycles. The van der Waals surface area contributed by atoms with Crippen molar-refractivity contribution in [3.8, 4) is 5.75 Å². The minimum absolute atomic E-state index is 0.163. The summed E-state index contributed by atoms with van der Waals surface area (Å²) in [4.78, 5) is 12.2. The van der Waals surface area contributed by atoms with Crippen LogP contribution in [0.3, 0.4) is 0 Å². The first-order valence-corrected chi connectivity index (χ1v) is 12.4. The number of piperidine rings is 1. The molecule has 1 aromatic heterocycles. The van der Waals surface area contributed by atoms with Crippen molar-refractivity contribution in [3.63, 3.8) is 0 Å². The highest BCUT2D eigenvalue weighted by Gasteiger charge is 2.26. The maximum Gasteiger partial charge on any atom is 0.229 e. The molecule has 7 nitrogen and oxygen atoms in total. The van der Waals surface area contributed by atoms with Gasteiger partial charge in [0.2, 0.25) is 5.95 Å². The molecule has 0 radical (unpaired) electrons. The van der Waals surface area contributed by atoms with Gasteiger partial charge in [-0.15, -0.1) is 0 Å². The summed E-state index contributed by atoms with van der Waals surface area (Å²) in [6.45, 7) is 8.00. The van der Waals surface area contributed by atoms with Crippen molar-refractivity contribution in [2.45, 2.75) is 70.4 Å². The third-order valence-corrected chi connectivity index (χ3v) is 6.83. The molecular formula is C26H39N5O2. The minimum Gasteiger partial charge on any atom is -0.497 e. The standard InChI is InChI=1S/C26H39N5O2/c1-18(2)17-31-13-11-19(12-14-31)24-16-27-26(29-21-5-4-6-23(15-21)33-3)30-25(24)28-20-7-9-22(32)10-8-20/h4-6,15-16,18-20,22,32H,7-14,17H2,1-3H3,(H2,27,28,29,30)/t20-,22-. The van der Waals surface area contributed by atoms with Crippen LogP contribution in [0.25, 0.3) is 0 Å². The van der Waals surface area contributed by atoms with E-state index in [-0.39, 0.29) is 6.10 Å². The van der Waals surface area contributed by atoms with Crippen LogP contribution in [0.15, 0.2) is 30.5 Å². The molecule has 7 heteroatoms. The Morgan fingerprint density at radius 3 is 2.58 bits per heavy atom. The van der Waals surface area contributed by atoms with Gasteiger partial charge in [0.05, 0.1) is 13.2 Å². The Bertz CT molecular complexity index is 890. The first kappa shape index (κ1) is 23.8. The van der Waals surface area contributed by atoms with Crippen molar-refractivity contribution in [2.75, 3.05) is 37.4 Å². The molecule has 1 aliphatic heterocycles. The molecule has 2 fully saturated rings. The topological polar surface area (TPSA) is 82.5 Å². The Balaban J connectivity index is 1.52. The number of likely N-dealkylation sites (tertiary alicyclic amines) is 1. The van der Waals surface area contributed by atoms with Crippen LogP contribution in [-0.4, -0.2) is 58.9 Å². The van der Waals surface area contributed by atoms with E-state index in [9.17, 15) is 5.11 Å². The largest absolute Gasteiger partial charge is 0.497 e. The van der Waals surface area contributed by atoms with E-state index in [1.165, 1.54) is 12.1 Å². The monoisotopic (exact) mass is 453 g/mol. The van der Waals surface area contributed by atoms with E-state index in [1.807, 2.05) is 30.5 Å². The highest BCUT2D eigenvalue weighted by atomic mass is 16.5. The maximum absolute atomic E-state index is 9.91. The number of hydrogen-bond acceptors (Lipinski definition) is 7. The van der Waals surface area contributed by atoms with E-state index in [0.29, 0.717) is 23.8 Å². The van der Waals surface area contributed by atoms with Gasteiger partial charge in [-0.05, 0) is 75.6 Å². The van der Waals surface area contributed by atoms with E-state index in [4.69, 9.17) is 9.72 Å². The van der Waals surface area contributed by atoms with Gasteiger partial charge in [-0.2, -0.15) is 4.98 Å². The lowest BCUT2D eigenvalue weighted by molar-refractivity contribution is 0.126. The Labute approximate surface area is 198 Å². The van der Waals surface area contributed by atoms with E-state index in [1.54, 1.807) is 7.11 Å². The molecule has 2 aliphatic rings. The van der Waals surface area contributed by atoms with Crippen LogP contribution in [0.2, 0.25) is 0 Å². The third kappa shape index (κ3) is 6.58. The lowest BCUT2D eigenvalue weighted by atomic mass is 9.89. The highest BCUT2D eigenvalue weighted by molar-refractivity contribution is 5.58. The molecule has 180 valence electrons. The lowest BCUT2D eigenvalue weighted by Crippen LogP contribution is -2.36. The third-order valence-electron chi connectivity index (χ3n) is 6.83. The van der Waals surface area contributed by atoms with Crippen molar-refractivity contribution < 1.29 is 9.84 Å². The van der Waals surface area contributed by atoms with E-state index in [0.717, 1.165) is 68.9 Å². The first-order valence-electron chi connectivity index (χ1n) is 12.4. The maximum atomic E-state index is 9.91. The fraction of sp³-hybridized carbons (Fsp3) is 0.615. The van der Waals surface area contributed by atoms with Crippen LogP contribution in [0, 0.1) is 5.92 Å². The van der Waals surface area contributed by atoms with Gasteiger partial charge in [-0.3, -0.25) is 0 Å². The quantitative estimate of drug-likeness (QED) is 0.531. The summed E-state index contributed by atoms with van der Waals surface area (Å²) in [5.74, 6) is 3.49. The molecule has 0 unspecified atom stereocenters. The second kappa shape index (κ2) is 11.2. The summed E-state index contributed by atoms with van der Waals surface area (Å²) in [7, 11) is 1.67. The molecule has 2 aromatic rings. The average molecular weight is 454 g/mol. The molecule has 0 bridgehead atoms. The number of nitrogens with zero attached hydrogens (tertiary/aromatic N) is 3. The van der Waals surface area contributed by atoms with Crippen LogP contribution < -0.4 is 15.4 Å². The second-order valence-corrected chi connectivity index (χ2v) is 9.97. The summed E-state index contributed by atoms with van der Waals surface area (Å²) in [5, 5.41) is 17.0. The molecule has 0 amide bonds. The minimum atomic E-state index is -0.163. The number of aliphatic hydroxyl groups excluding tert-OH is 1. The van der Waals surface area contributed by atoms with Gasteiger partial charge < -0.3 is 25.4 Å². The number of rotatable bonds is 8. The van der Waals surface area contributed by atoms with Crippen molar-refractivity contribution in [1.82, 2.24) is 14.9 Å². The predicted octanol–water partition coefficient (Wildman–Crippen LogP) is 4.78. The van der Waals surface area contributed by atoms with Gasteiger partial charge in [0.25, 0.3) is 0 Å². The summed E-state index contributed by atoms with van der Waals surface area (Å²) in [5.41, 5.74) is 2.12. The number of anilines is 3. The molecular weight excluding hydrogens is 414 g/mol. The molecule has 2 heterocycles. The fourth-order valence-corrected chi connectivity index (χ4v) is 5.05. The van der Waals surface area contributed by atoms with Gasteiger partial charge in [0, 0.05) is 36.1 Å². The molecule has 1 saturated carbocycles. The summed E-state index contributed by atoms with van der Waals surface area (Å²) >= 11 is 0. The van der Waals surface area contributed by atoms with Crippen molar-refractivity contribution in [3.05, 3.63) is 36.0 Å². The van der Waals surface area contributed by atoms with E-state index in [2.05, 4.69) is 34.4 Å². The number of nitrogens with one attached hydrogen (secondary N) is 2. The first-order chi connectivity index (χ1) is 16.0. The number of aromatic nitrogens is 2. The second-order valence-electron chi connectivity index (χ2n) is 9.97. The van der Waals surface area contributed by atoms with Crippen LogP contribution in [0.5, 0.6) is 5.75 Å². The van der Waals surface area contributed by atoms with Crippen LogP contribution in [0.4, 0.5) is 17.5 Å². The van der Waals surface area contributed by atoms with Crippen LogP contribution in [0.1, 0.15) is 63.9 Å². The molecule has 3 N–H and O–H groups in total. The van der Waals surface area contributed by atoms with Crippen molar-refractivity contribution >= 4 is 17.5 Å². The molecule has 1 saturated heterocycles. The van der Waals surface area contributed by atoms with Gasteiger partial charge >= 0.3 is 0 Å². The molecule has 4 rings (SSSR count). The predicted molar refractivity (Wildman–Crippen MR) is 133 cm³/mol. The number of ether oxygens (including phenoxy) is 1. The average Bonchev–Trinajstić information content (AvgIpc) is 2.81. The Morgan fingerprint density at radius 2 is 1.88 bits per heavy atom. The summed E-state index contributed by atoms with van der Waals surface area (Å²) in [6, 6.07) is 8.14. The number of hydrogen-bond donors (Lipinski definition) is 3. The van der Waals surface area contributed by atoms with E-state index < -0.39 is 0 Å². The molecule has 1 aromatic carbocycles. The van der Waals surface area contributed by atoms with Crippen molar-refractivity contribution in [2.24, 2.45) is 5.92 Å². The van der Waals surface area contributed by atoms with Crippen LogP contribution >= 0.6 is 0 Å². The Kier molecular flexibility index (Phi) is 8.04. The molecule has 0 spiro atoms. The van der Waals surface area contributed by atoms with Gasteiger partial charge in [0.15, 0.2) is 0 Å². The lowest BCUT2D eigenvalue weighted by Gasteiger charge is -2.34. The Hall–Kier alpha value is -2.38. The van der Waals surface area contributed by atoms with Gasteiger partial charge in [-0.1, -0.05) is 19.9 Å². The molecule has 0 atom stereocenters. The van der Waals surface area contributed by atoms with E-state index >= 15 is 0 Å². The zero-order valence-electron chi connectivity index (χ0n) is 20.3. The summed E-state index contributed by atoms with van der Waals surface area (Å²) in [6.07, 6.45) is 7.75. The Morgan fingerprint density at radius 1 is 1.12 bits per heavy atom. The van der Waals surface area contributed by atoms with Gasteiger partial charge in [-0.25, -0.2) is 4.98 Å². The number of methoxy groups -OCH3 is 1. The molecule has 33 heavy (non-hydrogen) atoms. The zero-order valence-corrected chi connectivity index (χ0v) is 20.3. The number of benzene rings is 1. The van der Waals surface area contributed by atoms with Gasteiger partial charge in [0.1, 0.15) is 11.6 Å². The summed E-state index contributed by atoms with van der Waals surface area (Å²) < 4.78 is 5.34. The smallest absolute Gasteiger partial charge is 0.229 e. The number of aliphatic hydroxyl groups is 1.